The number of rotatable bonds is 4. The zero-order valence-corrected chi connectivity index (χ0v) is 11.3. The molecule has 0 aromatic carbocycles. The van der Waals surface area contributed by atoms with Crippen LogP contribution < -0.4 is 10.3 Å². The van der Waals surface area contributed by atoms with Crippen molar-refractivity contribution in [1.29, 1.82) is 0 Å². The third-order valence-corrected chi connectivity index (χ3v) is 4.47. The molecule has 0 radical (unpaired) electrons. The van der Waals surface area contributed by atoms with Crippen LogP contribution in [0.1, 0.15) is 24.2 Å². The van der Waals surface area contributed by atoms with Crippen LogP contribution in [0.15, 0.2) is 4.90 Å². The van der Waals surface area contributed by atoms with Gasteiger partial charge in [-0.2, -0.15) is 5.10 Å². The van der Waals surface area contributed by atoms with Crippen LogP contribution in [-0.2, 0) is 21.9 Å². The highest BCUT2D eigenvalue weighted by Gasteiger charge is 2.31. The lowest BCUT2D eigenvalue weighted by Gasteiger charge is -2.08. The van der Waals surface area contributed by atoms with E-state index in [0.29, 0.717) is 11.4 Å². The summed E-state index contributed by atoms with van der Waals surface area (Å²) in [6.07, 6.45) is 1.64. The Morgan fingerprint density at radius 2 is 2.00 bits per heavy atom. The van der Waals surface area contributed by atoms with E-state index in [4.69, 9.17) is 0 Å². The Morgan fingerprint density at radius 1 is 1.39 bits per heavy atom. The second-order valence-corrected chi connectivity index (χ2v) is 6.11. The van der Waals surface area contributed by atoms with Crippen molar-refractivity contribution in [3.05, 3.63) is 11.4 Å². The molecule has 1 aromatic rings. The number of hydrogen-bond donors (Lipinski definition) is 2. The van der Waals surface area contributed by atoms with E-state index in [1.807, 2.05) is 0 Å². The molecule has 1 aliphatic rings. The average Bonchev–Trinajstić information content (AvgIpc) is 3.05. The van der Waals surface area contributed by atoms with E-state index in [-0.39, 0.29) is 16.7 Å². The lowest BCUT2D eigenvalue weighted by Crippen LogP contribution is -2.42. The molecular formula is C10H16N4O3S. The van der Waals surface area contributed by atoms with Crippen molar-refractivity contribution in [2.24, 2.45) is 13.0 Å². The molecule has 18 heavy (non-hydrogen) atoms. The monoisotopic (exact) mass is 272 g/mol. The number of hydrazine groups is 1. The van der Waals surface area contributed by atoms with E-state index in [1.54, 1.807) is 20.9 Å². The van der Waals surface area contributed by atoms with Gasteiger partial charge in [-0.1, -0.05) is 0 Å². The van der Waals surface area contributed by atoms with Crippen LogP contribution in [0.2, 0.25) is 0 Å². The second-order valence-electron chi connectivity index (χ2n) is 4.49. The van der Waals surface area contributed by atoms with Gasteiger partial charge in [0.15, 0.2) is 0 Å². The van der Waals surface area contributed by atoms with E-state index in [9.17, 15) is 13.2 Å². The minimum Gasteiger partial charge on any atom is -0.277 e. The SMILES string of the molecule is Cc1nn(C)c(C)c1S(=O)(=O)NNC(=O)C1CC1. The standard InChI is InChI=1S/C10H16N4O3S/c1-6-9(7(2)14(3)12-6)18(16,17)13-11-10(15)8-4-5-8/h8,13H,4-5H2,1-3H3,(H,11,15). The minimum atomic E-state index is -3.77. The summed E-state index contributed by atoms with van der Waals surface area (Å²) in [4.78, 5) is 13.6. The molecule has 0 unspecified atom stereocenters. The molecule has 0 bridgehead atoms. The molecule has 1 aromatic heterocycles. The fourth-order valence-corrected chi connectivity index (χ4v) is 3.05. The van der Waals surface area contributed by atoms with Crippen LogP contribution in [0.4, 0.5) is 0 Å². The Morgan fingerprint density at radius 3 is 2.44 bits per heavy atom. The Kier molecular flexibility index (Phi) is 3.16. The van der Waals surface area contributed by atoms with Crippen LogP contribution in [0.5, 0.6) is 0 Å². The number of carbonyl (C=O) groups excluding carboxylic acids is 1. The number of sulfonamides is 1. The zero-order valence-electron chi connectivity index (χ0n) is 10.5. The lowest BCUT2D eigenvalue weighted by atomic mass is 10.4. The summed E-state index contributed by atoms with van der Waals surface area (Å²) >= 11 is 0. The number of hydrogen-bond acceptors (Lipinski definition) is 4. The Bertz CT molecular complexity index is 587. The van der Waals surface area contributed by atoms with Crippen LogP contribution in [0.25, 0.3) is 0 Å². The first-order valence-electron chi connectivity index (χ1n) is 5.65. The van der Waals surface area contributed by atoms with E-state index in [2.05, 4.69) is 15.4 Å². The van der Waals surface area contributed by atoms with Crippen LogP contribution in [0, 0.1) is 19.8 Å². The maximum absolute atomic E-state index is 12.1. The Labute approximate surface area is 106 Å². The van der Waals surface area contributed by atoms with Gasteiger partial charge in [0, 0.05) is 13.0 Å². The van der Waals surface area contributed by atoms with Gasteiger partial charge in [0.25, 0.3) is 10.0 Å². The van der Waals surface area contributed by atoms with Crippen LogP contribution >= 0.6 is 0 Å². The summed E-state index contributed by atoms with van der Waals surface area (Å²) in [5.74, 6) is -0.332. The van der Waals surface area contributed by atoms with Crippen molar-refractivity contribution in [1.82, 2.24) is 20.0 Å². The van der Waals surface area contributed by atoms with E-state index in [1.165, 1.54) is 4.68 Å². The lowest BCUT2D eigenvalue weighted by molar-refractivity contribution is -0.122. The number of amides is 1. The van der Waals surface area contributed by atoms with Crippen molar-refractivity contribution in [2.75, 3.05) is 0 Å². The second kappa shape index (κ2) is 4.36. The molecule has 0 aliphatic heterocycles. The molecule has 1 fully saturated rings. The normalized spacial score (nSPS) is 15.7. The van der Waals surface area contributed by atoms with Crippen molar-refractivity contribution in [3.8, 4) is 0 Å². The maximum atomic E-state index is 12.1. The summed E-state index contributed by atoms with van der Waals surface area (Å²) in [6.45, 7) is 3.28. The predicted molar refractivity (Wildman–Crippen MR) is 63.9 cm³/mol. The van der Waals surface area contributed by atoms with E-state index in [0.717, 1.165) is 12.8 Å². The van der Waals surface area contributed by atoms with Gasteiger partial charge in [-0.25, -0.2) is 8.42 Å². The van der Waals surface area contributed by atoms with Gasteiger partial charge >= 0.3 is 0 Å². The third kappa shape index (κ3) is 2.39. The quantitative estimate of drug-likeness (QED) is 0.740. The number of nitrogens with zero attached hydrogens (tertiary/aromatic N) is 2. The number of carbonyl (C=O) groups is 1. The largest absolute Gasteiger partial charge is 0.277 e. The fourth-order valence-electron chi connectivity index (χ4n) is 1.76. The topological polar surface area (TPSA) is 93.1 Å². The maximum Gasteiger partial charge on any atom is 0.261 e. The molecule has 1 aliphatic carbocycles. The predicted octanol–water partition coefficient (Wildman–Crippen LogP) is -0.244. The fraction of sp³-hybridized carbons (Fsp3) is 0.600. The molecule has 2 rings (SSSR count). The molecule has 0 spiro atoms. The first-order valence-corrected chi connectivity index (χ1v) is 7.13. The van der Waals surface area contributed by atoms with Crippen LogP contribution in [-0.4, -0.2) is 24.1 Å². The zero-order chi connectivity index (χ0) is 13.5. The number of aromatic nitrogens is 2. The molecule has 1 heterocycles. The van der Waals surface area contributed by atoms with Crippen LogP contribution in [0.3, 0.4) is 0 Å². The minimum absolute atomic E-state index is 0.0520. The Balaban J connectivity index is 2.17. The van der Waals surface area contributed by atoms with Gasteiger partial charge < -0.3 is 0 Å². The Hall–Kier alpha value is -1.41. The van der Waals surface area contributed by atoms with Crippen molar-refractivity contribution < 1.29 is 13.2 Å². The molecule has 8 heteroatoms. The molecule has 0 saturated heterocycles. The molecule has 7 nitrogen and oxygen atoms in total. The first-order chi connectivity index (χ1) is 8.33. The number of nitrogens with one attached hydrogen (secondary N) is 2. The summed E-state index contributed by atoms with van der Waals surface area (Å²) in [5.41, 5.74) is 3.17. The van der Waals surface area contributed by atoms with Crippen molar-refractivity contribution in [2.45, 2.75) is 31.6 Å². The molecule has 1 saturated carbocycles. The molecule has 0 atom stereocenters. The van der Waals surface area contributed by atoms with Gasteiger partial charge in [-0.05, 0) is 26.7 Å². The average molecular weight is 272 g/mol. The van der Waals surface area contributed by atoms with E-state index >= 15 is 0 Å². The summed E-state index contributed by atoms with van der Waals surface area (Å²) in [5, 5.41) is 4.04. The molecule has 2 N–H and O–H groups in total. The van der Waals surface area contributed by atoms with Crippen molar-refractivity contribution in [3.63, 3.8) is 0 Å². The molecule has 100 valence electrons. The highest BCUT2D eigenvalue weighted by molar-refractivity contribution is 7.89. The highest BCUT2D eigenvalue weighted by atomic mass is 32.2. The molecule has 1 amide bonds. The van der Waals surface area contributed by atoms with Crippen molar-refractivity contribution >= 4 is 15.9 Å². The van der Waals surface area contributed by atoms with Gasteiger partial charge in [-0.3, -0.25) is 14.9 Å². The number of aryl methyl sites for hydroxylation is 2. The first kappa shape index (κ1) is 13.0. The van der Waals surface area contributed by atoms with Gasteiger partial charge in [-0.15, -0.1) is 4.83 Å². The highest BCUT2D eigenvalue weighted by Crippen LogP contribution is 2.28. The summed E-state index contributed by atoms with van der Waals surface area (Å²) < 4.78 is 25.6. The van der Waals surface area contributed by atoms with E-state index < -0.39 is 10.0 Å². The summed E-state index contributed by atoms with van der Waals surface area (Å²) in [7, 11) is -2.10. The summed E-state index contributed by atoms with van der Waals surface area (Å²) in [6, 6.07) is 0. The van der Waals surface area contributed by atoms with Gasteiger partial charge in [0.1, 0.15) is 4.90 Å². The molecular weight excluding hydrogens is 256 g/mol. The smallest absolute Gasteiger partial charge is 0.261 e. The van der Waals surface area contributed by atoms with Gasteiger partial charge in [0.2, 0.25) is 5.91 Å². The van der Waals surface area contributed by atoms with Gasteiger partial charge in [0.05, 0.1) is 11.4 Å². The third-order valence-electron chi connectivity index (χ3n) is 2.97.